The maximum Gasteiger partial charge on any atom is 0.363 e. The molecule has 1 aliphatic heterocycles. The molecular weight excluding hydrogens is 409 g/mol. The van der Waals surface area contributed by atoms with E-state index < -0.39 is 17.8 Å². The molecular formula is C23H13ClFNO4. The van der Waals surface area contributed by atoms with E-state index in [2.05, 4.69) is 4.99 Å². The first-order valence-electron chi connectivity index (χ1n) is 8.85. The SMILES string of the molecule is O=C1OC(c2ccccc2F)=N/C1=C/c1ccc(OC(=O)c2ccccc2Cl)cc1. The van der Waals surface area contributed by atoms with Crippen LogP contribution in [0.3, 0.4) is 0 Å². The van der Waals surface area contributed by atoms with Gasteiger partial charge in [0.1, 0.15) is 11.6 Å². The van der Waals surface area contributed by atoms with E-state index >= 15 is 0 Å². The predicted molar refractivity (Wildman–Crippen MR) is 110 cm³/mol. The van der Waals surface area contributed by atoms with Gasteiger partial charge in [-0.3, -0.25) is 0 Å². The zero-order valence-corrected chi connectivity index (χ0v) is 16.1. The van der Waals surface area contributed by atoms with Crippen LogP contribution < -0.4 is 4.74 Å². The summed E-state index contributed by atoms with van der Waals surface area (Å²) in [6.07, 6.45) is 1.50. The summed E-state index contributed by atoms with van der Waals surface area (Å²) in [6.45, 7) is 0. The average molecular weight is 422 g/mol. The molecule has 4 rings (SSSR count). The Morgan fingerprint density at radius 1 is 1.00 bits per heavy atom. The molecule has 0 fully saturated rings. The molecule has 3 aromatic carbocycles. The molecule has 0 saturated heterocycles. The third-order valence-corrected chi connectivity index (χ3v) is 4.54. The Hall–Kier alpha value is -3.77. The zero-order valence-electron chi connectivity index (χ0n) is 15.3. The number of aliphatic imine (C=N–C) groups is 1. The van der Waals surface area contributed by atoms with E-state index in [9.17, 15) is 14.0 Å². The molecule has 0 aliphatic carbocycles. The van der Waals surface area contributed by atoms with Crippen molar-refractivity contribution in [2.75, 3.05) is 0 Å². The van der Waals surface area contributed by atoms with Crippen molar-refractivity contribution in [3.63, 3.8) is 0 Å². The number of nitrogens with zero attached hydrogens (tertiary/aromatic N) is 1. The highest BCUT2D eigenvalue weighted by atomic mass is 35.5. The van der Waals surface area contributed by atoms with Gasteiger partial charge in [0.2, 0.25) is 5.90 Å². The topological polar surface area (TPSA) is 65.0 Å². The molecule has 5 nitrogen and oxygen atoms in total. The van der Waals surface area contributed by atoms with Crippen LogP contribution >= 0.6 is 11.6 Å². The summed E-state index contributed by atoms with van der Waals surface area (Å²) in [5.74, 6) is -1.57. The molecule has 1 heterocycles. The third-order valence-electron chi connectivity index (χ3n) is 4.21. The number of carbonyl (C=O) groups excluding carboxylic acids is 2. The van der Waals surface area contributed by atoms with Crippen molar-refractivity contribution in [1.29, 1.82) is 0 Å². The molecule has 0 atom stereocenters. The van der Waals surface area contributed by atoms with Gasteiger partial charge in [-0.05, 0) is 48.0 Å². The van der Waals surface area contributed by atoms with Crippen LogP contribution in [0.4, 0.5) is 4.39 Å². The van der Waals surface area contributed by atoms with Crippen LogP contribution in [-0.4, -0.2) is 17.8 Å². The van der Waals surface area contributed by atoms with Crippen LogP contribution in [-0.2, 0) is 9.53 Å². The lowest BCUT2D eigenvalue weighted by Gasteiger charge is -2.06. The fourth-order valence-corrected chi connectivity index (χ4v) is 2.95. The molecule has 0 unspecified atom stereocenters. The monoisotopic (exact) mass is 421 g/mol. The Kier molecular flexibility index (Phi) is 5.41. The number of hydrogen-bond acceptors (Lipinski definition) is 5. The smallest absolute Gasteiger partial charge is 0.363 e. The van der Waals surface area contributed by atoms with Crippen molar-refractivity contribution in [3.05, 3.63) is 106 Å². The summed E-state index contributed by atoms with van der Waals surface area (Å²) in [5.41, 5.74) is 1.03. The number of carbonyl (C=O) groups is 2. The number of ether oxygens (including phenoxy) is 2. The first kappa shape index (κ1) is 19.5. The number of halogens is 2. The van der Waals surface area contributed by atoms with E-state index in [4.69, 9.17) is 21.1 Å². The van der Waals surface area contributed by atoms with Crippen LogP contribution in [0.15, 0.2) is 83.5 Å². The van der Waals surface area contributed by atoms with E-state index in [-0.39, 0.29) is 22.7 Å². The van der Waals surface area contributed by atoms with Crippen LogP contribution in [0.2, 0.25) is 5.02 Å². The first-order chi connectivity index (χ1) is 14.5. The molecule has 30 heavy (non-hydrogen) atoms. The second-order valence-corrected chi connectivity index (χ2v) is 6.66. The number of rotatable bonds is 4. The van der Waals surface area contributed by atoms with Crippen molar-refractivity contribution < 1.29 is 23.5 Å². The Bertz CT molecular complexity index is 1200. The van der Waals surface area contributed by atoms with Crippen LogP contribution in [0.25, 0.3) is 6.08 Å². The van der Waals surface area contributed by atoms with Gasteiger partial charge >= 0.3 is 11.9 Å². The first-order valence-corrected chi connectivity index (χ1v) is 9.23. The lowest BCUT2D eigenvalue weighted by atomic mass is 10.2. The van der Waals surface area contributed by atoms with Crippen LogP contribution in [0, 0.1) is 5.82 Å². The lowest BCUT2D eigenvalue weighted by Crippen LogP contribution is -2.08. The summed E-state index contributed by atoms with van der Waals surface area (Å²) in [7, 11) is 0. The summed E-state index contributed by atoms with van der Waals surface area (Å²) >= 11 is 6.00. The minimum atomic E-state index is -0.678. The van der Waals surface area contributed by atoms with Gasteiger partial charge < -0.3 is 9.47 Å². The maximum atomic E-state index is 13.9. The average Bonchev–Trinajstić information content (AvgIpc) is 3.10. The molecule has 3 aromatic rings. The minimum Gasteiger partial charge on any atom is -0.423 e. The maximum absolute atomic E-state index is 13.9. The normalized spacial score (nSPS) is 14.4. The molecule has 0 N–H and O–H groups in total. The zero-order chi connectivity index (χ0) is 21.1. The standard InChI is InChI=1S/C23H13ClFNO4/c24-18-7-3-1-5-16(18)22(27)29-15-11-9-14(10-12-15)13-20-23(28)30-21(26-20)17-6-2-4-8-19(17)25/h1-13H/b20-13+. The summed E-state index contributed by atoms with van der Waals surface area (Å²) in [4.78, 5) is 28.4. The highest BCUT2D eigenvalue weighted by Gasteiger charge is 2.25. The van der Waals surface area contributed by atoms with E-state index in [0.717, 1.165) is 0 Å². The van der Waals surface area contributed by atoms with Crippen molar-refractivity contribution >= 4 is 35.5 Å². The summed E-state index contributed by atoms with van der Waals surface area (Å²) in [5, 5.41) is 0.298. The molecule has 0 saturated carbocycles. The van der Waals surface area contributed by atoms with Gasteiger partial charge in [-0.1, -0.05) is 48.0 Å². The fraction of sp³-hybridized carbons (Fsp3) is 0. The van der Waals surface area contributed by atoms with Crippen LogP contribution in [0.1, 0.15) is 21.5 Å². The number of cyclic esters (lactones) is 1. The number of hydrogen-bond donors (Lipinski definition) is 0. The molecule has 0 aromatic heterocycles. The van der Waals surface area contributed by atoms with Crippen molar-refractivity contribution in [2.24, 2.45) is 4.99 Å². The lowest BCUT2D eigenvalue weighted by molar-refractivity contribution is -0.129. The summed E-state index contributed by atoms with van der Waals surface area (Å²) < 4.78 is 24.3. The van der Waals surface area contributed by atoms with Gasteiger partial charge in [-0.25, -0.2) is 19.0 Å². The predicted octanol–water partition coefficient (Wildman–Crippen LogP) is 5.04. The highest BCUT2D eigenvalue weighted by molar-refractivity contribution is 6.33. The number of esters is 2. The van der Waals surface area contributed by atoms with Gasteiger partial charge in [0.15, 0.2) is 5.70 Å². The van der Waals surface area contributed by atoms with Gasteiger partial charge in [0, 0.05) is 0 Å². The van der Waals surface area contributed by atoms with E-state index in [1.54, 1.807) is 54.6 Å². The Balaban J connectivity index is 1.51. The van der Waals surface area contributed by atoms with E-state index in [0.29, 0.717) is 16.3 Å². The highest BCUT2D eigenvalue weighted by Crippen LogP contribution is 2.23. The minimum absolute atomic E-state index is 0.0362. The van der Waals surface area contributed by atoms with Gasteiger partial charge in [0.05, 0.1) is 16.1 Å². The molecule has 0 radical (unpaired) electrons. The van der Waals surface area contributed by atoms with Gasteiger partial charge in [-0.15, -0.1) is 0 Å². The van der Waals surface area contributed by atoms with Crippen molar-refractivity contribution in [1.82, 2.24) is 0 Å². The quantitative estimate of drug-likeness (QED) is 0.336. The van der Waals surface area contributed by atoms with Crippen molar-refractivity contribution in [3.8, 4) is 5.75 Å². The Labute approximate surface area is 176 Å². The van der Waals surface area contributed by atoms with Gasteiger partial charge in [0.25, 0.3) is 0 Å². The molecule has 148 valence electrons. The summed E-state index contributed by atoms with van der Waals surface area (Å²) in [6, 6.07) is 18.9. The second-order valence-electron chi connectivity index (χ2n) is 6.25. The van der Waals surface area contributed by atoms with E-state index in [1.807, 2.05) is 0 Å². The molecule has 0 spiro atoms. The van der Waals surface area contributed by atoms with Crippen LogP contribution in [0.5, 0.6) is 5.75 Å². The second kappa shape index (κ2) is 8.31. The van der Waals surface area contributed by atoms with Gasteiger partial charge in [-0.2, -0.15) is 0 Å². The molecule has 0 bridgehead atoms. The number of benzene rings is 3. The third kappa shape index (κ3) is 4.14. The largest absolute Gasteiger partial charge is 0.423 e. The van der Waals surface area contributed by atoms with E-state index in [1.165, 1.54) is 24.3 Å². The fourth-order valence-electron chi connectivity index (χ4n) is 2.74. The Morgan fingerprint density at radius 2 is 1.70 bits per heavy atom. The molecule has 1 aliphatic rings. The Morgan fingerprint density at radius 3 is 2.43 bits per heavy atom. The molecule has 7 heteroatoms. The molecule has 0 amide bonds. The van der Waals surface area contributed by atoms with Crippen molar-refractivity contribution in [2.45, 2.75) is 0 Å².